The van der Waals surface area contributed by atoms with Crippen LogP contribution in [-0.4, -0.2) is 49.0 Å². The van der Waals surface area contributed by atoms with Crippen LogP contribution in [-0.2, 0) is 4.74 Å². The minimum absolute atomic E-state index is 0.219. The second kappa shape index (κ2) is 6.38. The van der Waals surface area contributed by atoms with E-state index in [1.807, 2.05) is 0 Å². The number of aliphatic hydroxyl groups is 1. The van der Waals surface area contributed by atoms with Gasteiger partial charge in [-0.25, -0.2) is 0 Å². The first-order valence-electron chi connectivity index (χ1n) is 5.66. The third kappa shape index (κ3) is 3.95. The van der Waals surface area contributed by atoms with Crippen molar-refractivity contribution in [2.24, 2.45) is 5.92 Å². The number of ether oxygens (including phenoxy) is 1. The Kier molecular flexibility index (Phi) is 5.45. The molecule has 0 bridgehead atoms. The zero-order valence-corrected chi connectivity index (χ0v) is 9.41. The predicted molar refractivity (Wildman–Crippen MR) is 57.3 cm³/mol. The van der Waals surface area contributed by atoms with E-state index in [4.69, 9.17) is 4.74 Å². The van der Waals surface area contributed by atoms with Crippen LogP contribution in [0.2, 0.25) is 0 Å². The van der Waals surface area contributed by atoms with E-state index in [9.17, 15) is 5.11 Å². The number of nitrogens with zero attached hydrogens (tertiary/aromatic N) is 1. The summed E-state index contributed by atoms with van der Waals surface area (Å²) in [6, 6.07) is 0.219. The summed E-state index contributed by atoms with van der Waals surface area (Å²) >= 11 is 0. The van der Waals surface area contributed by atoms with Gasteiger partial charge in [-0.05, 0) is 31.8 Å². The van der Waals surface area contributed by atoms with Gasteiger partial charge in [0.1, 0.15) is 0 Å². The highest BCUT2D eigenvalue weighted by molar-refractivity contribution is 4.75. The van der Waals surface area contributed by atoms with E-state index in [1.54, 1.807) is 0 Å². The van der Waals surface area contributed by atoms with Gasteiger partial charge in [-0.3, -0.25) is 4.90 Å². The minimum Gasteiger partial charge on any atom is -0.395 e. The quantitative estimate of drug-likeness (QED) is 0.699. The fraction of sp³-hybridized carbons (Fsp3) is 1.00. The highest BCUT2D eigenvalue weighted by Crippen LogP contribution is 2.11. The maximum atomic E-state index is 9.23. The zero-order chi connectivity index (χ0) is 10.4. The Hall–Kier alpha value is -0.120. The summed E-state index contributed by atoms with van der Waals surface area (Å²) < 4.78 is 5.56. The molecule has 14 heavy (non-hydrogen) atoms. The van der Waals surface area contributed by atoms with E-state index in [-0.39, 0.29) is 12.6 Å². The van der Waals surface area contributed by atoms with Crippen LogP contribution in [0.25, 0.3) is 0 Å². The van der Waals surface area contributed by atoms with Crippen LogP contribution in [0.5, 0.6) is 0 Å². The van der Waals surface area contributed by atoms with Crippen LogP contribution in [0.15, 0.2) is 0 Å². The monoisotopic (exact) mass is 201 g/mol. The lowest BCUT2D eigenvalue weighted by molar-refractivity contribution is 0.0306. The van der Waals surface area contributed by atoms with Crippen molar-refractivity contribution in [3.63, 3.8) is 0 Å². The second-order valence-corrected chi connectivity index (χ2v) is 4.51. The molecule has 1 rings (SSSR count). The van der Waals surface area contributed by atoms with Gasteiger partial charge in [0.25, 0.3) is 0 Å². The average Bonchev–Trinajstić information content (AvgIpc) is 2.64. The molecule has 1 atom stereocenters. The van der Waals surface area contributed by atoms with Gasteiger partial charge in [0.05, 0.1) is 19.3 Å². The van der Waals surface area contributed by atoms with Crippen LogP contribution in [0.1, 0.15) is 26.7 Å². The van der Waals surface area contributed by atoms with Crippen molar-refractivity contribution in [1.82, 2.24) is 4.90 Å². The molecule has 3 nitrogen and oxygen atoms in total. The van der Waals surface area contributed by atoms with Gasteiger partial charge in [0.2, 0.25) is 0 Å². The van der Waals surface area contributed by atoms with Crippen LogP contribution in [0.3, 0.4) is 0 Å². The molecule has 0 saturated carbocycles. The summed E-state index contributed by atoms with van der Waals surface area (Å²) in [7, 11) is 0. The van der Waals surface area contributed by atoms with E-state index in [2.05, 4.69) is 18.7 Å². The van der Waals surface area contributed by atoms with Crippen molar-refractivity contribution in [2.45, 2.75) is 32.7 Å². The SMILES string of the molecule is CC(C)COC[C@H](CO)N1CCCC1. The number of aliphatic hydroxyl groups excluding tert-OH is 1. The van der Waals surface area contributed by atoms with Crippen LogP contribution in [0.4, 0.5) is 0 Å². The molecular formula is C11H23NO2. The molecular weight excluding hydrogens is 178 g/mol. The lowest BCUT2D eigenvalue weighted by Crippen LogP contribution is -2.39. The van der Waals surface area contributed by atoms with Crippen molar-refractivity contribution in [3.05, 3.63) is 0 Å². The van der Waals surface area contributed by atoms with E-state index >= 15 is 0 Å². The van der Waals surface area contributed by atoms with Gasteiger partial charge in [-0.2, -0.15) is 0 Å². The molecule has 1 saturated heterocycles. The maximum Gasteiger partial charge on any atom is 0.0644 e. The van der Waals surface area contributed by atoms with Gasteiger partial charge in [0, 0.05) is 6.61 Å². The topological polar surface area (TPSA) is 32.7 Å². The maximum absolute atomic E-state index is 9.23. The summed E-state index contributed by atoms with van der Waals surface area (Å²) in [5.74, 6) is 0.577. The normalized spacial score (nSPS) is 20.6. The number of hydrogen-bond donors (Lipinski definition) is 1. The van der Waals surface area contributed by atoms with E-state index in [0.29, 0.717) is 12.5 Å². The van der Waals surface area contributed by atoms with Crippen LogP contribution >= 0.6 is 0 Å². The highest BCUT2D eigenvalue weighted by atomic mass is 16.5. The smallest absolute Gasteiger partial charge is 0.0644 e. The molecule has 0 aliphatic carbocycles. The summed E-state index contributed by atoms with van der Waals surface area (Å²) in [5.41, 5.74) is 0. The van der Waals surface area contributed by atoms with Gasteiger partial charge < -0.3 is 9.84 Å². The molecule has 0 aromatic carbocycles. The van der Waals surface area contributed by atoms with E-state index in [0.717, 1.165) is 19.7 Å². The Bertz CT molecular complexity index is 144. The van der Waals surface area contributed by atoms with Crippen molar-refractivity contribution in [1.29, 1.82) is 0 Å². The van der Waals surface area contributed by atoms with Crippen molar-refractivity contribution in [2.75, 3.05) is 32.9 Å². The van der Waals surface area contributed by atoms with E-state index in [1.165, 1.54) is 12.8 Å². The van der Waals surface area contributed by atoms with Crippen molar-refractivity contribution in [3.8, 4) is 0 Å². The zero-order valence-electron chi connectivity index (χ0n) is 9.41. The number of rotatable bonds is 6. The summed E-state index contributed by atoms with van der Waals surface area (Å²) in [4.78, 5) is 2.33. The Morgan fingerprint density at radius 2 is 1.86 bits per heavy atom. The Morgan fingerprint density at radius 3 is 2.36 bits per heavy atom. The molecule has 1 N–H and O–H groups in total. The Balaban J connectivity index is 2.17. The molecule has 1 aliphatic rings. The molecule has 0 unspecified atom stereocenters. The van der Waals surface area contributed by atoms with E-state index < -0.39 is 0 Å². The minimum atomic E-state index is 0.219. The van der Waals surface area contributed by atoms with Crippen molar-refractivity contribution >= 4 is 0 Å². The Labute approximate surface area is 87.1 Å². The molecule has 0 aromatic heterocycles. The molecule has 84 valence electrons. The standard InChI is InChI=1S/C11H23NO2/c1-10(2)8-14-9-11(7-13)12-5-3-4-6-12/h10-11,13H,3-9H2,1-2H3/t11-/m0/s1. The lowest BCUT2D eigenvalue weighted by atomic mass is 10.2. The summed E-state index contributed by atoms with van der Waals surface area (Å²) in [6.07, 6.45) is 2.53. The van der Waals surface area contributed by atoms with Gasteiger partial charge in [-0.1, -0.05) is 13.8 Å². The third-order valence-electron chi connectivity index (χ3n) is 2.63. The van der Waals surface area contributed by atoms with Gasteiger partial charge in [-0.15, -0.1) is 0 Å². The van der Waals surface area contributed by atoms with Gasteiger partial charge >= 0.3 is 0 Å². The number of hydrogen-bond acceptors (Lipinski definition) is 3. The molecule has 0 spiro atoms. The Morgan fingerprint density at radius 1 is 1.21 bits per heavy atom. The lowest BCUT2D eigenvalue weighted by Gasteiger charge is -2.25. The summed E-state index contributed by atoms with van der Waals surface area (Å²) in [6.45, 7) is 8.22. The first kappa shape index (κ1) is 12.0. The molecule has 0 aromatic rings. The molecule has 3 heteroatoms. The molecule has 1 fully saturated rings. The molecule has 1 aliphatic heterocycles. The summed E-state index contributed by atoms with van der Waals surface area (Å²) in [5, 5.41) is 9.23. The third-order valence-corrected chi connectivity index (χ3v) is 2.63. The fourth-order valence-electron chi connectivity index (χ4n) is 1.82. The van der Waals surface area contributed by atoms with Crippen molar-refractivity contribution < 1.29 is 9.84 Å². The number of likely N-dealkylation sites (tertiary alicyclic amines) is 1. The molecule has 0 radical (unpaired) electrons. The molecule has 0 amide bonds. The largest absolute Gasteiger partial charge is 0.395 e. The van der Waals surface area contributed by atoms with Gasteiger partial charge in [0.15, 0.2) is 0 Å². The first-order valence-corrected chi connectivity index (χ1v) is 5.66. The second-order valence-electron chi connectivity index (χ2n) is 4.51. The fourth-order valence-corrected chi connectivity index (χ4v) is 1.82. The average molecular weight is 201 g/mol. The highest BCUT2D eigenvalue weighted by Gasteiger charge is 2.21. The van der Waals surface area contributed by atoms with Crippen LogP contribution < -0.4 is 0 Å². The molecule has 1 heterocycles. The predicted octanol–water partition coefficient (Wildman–Crippen LogP) is 1.12. The first-order chi connectivity index (χ1) is 6.74. The van der Waals surface area contributed by atoms with Crippen LogP contribution in [0, 0.1) is 5.92 Å².